The maximum atomic E-state index is 12.8. The van der Waals surface area contributed by atoms with Crippen LogP contribution >= 0.6 is 7.82 Å². The van der Waals surface area contributed by atoms with E-state index >= 15 is 0 Å². The number of nitrogens with zero attached hydrogens (tertiary/aromatic N) is 1. The van der Waals surface area contributed by atoms with Crippen molar-refractivity contribution in [1.29, 1.82) is 0 Å². The van der Waals surface area contributed by atoms with Crippen LogP contribution in [0.2, 0.25) is 0 Å². The molecule has 0 aromatic heterocycles. The van der Waals surface area contributed by atoms with Gasteiger partial charge in [-0.25, -0.2) is 0 Å². The molecule has 0 spiro atoms. The highest BCUT2D eigenvalue weighted by atomic mass is 31.2. The molecule has 0 heterocycles. The second-order valence-electron chi connectivity index (χ2n) is 19.9. The largest absolute Gasteiger partial charge is 0.756 e. The molecule has 0 bridgehead atoms. The minimum atomic E-state index is -4.67. The first-order chi connectivity index (χ1) is 38.0. The van der Waals surface area contributed by atoms with Gasteiger partial charge < -0.3 is 27.9 Å². The zero-order chi connectivity index (χ0) is 57.0. The fraction of sp³-hybridized carbons (Fsp3) is 0.529. The van der Waals surface area contributed by atoms with E-state index in [1.807, 2.05) is 21.1 Å². The van der Waals surface area contributed by atoms with Gasteiger partial charge in [0.05, 0.1) is 27.7 Å². The van der Waals surface area contributed by atoms with Gasteiger partial charge in [0.25, 0.3) is 7.82 Å². The molecule has 0 saturated carbocycles. The zero-order valence-corrected chi connectivity index (χ0v) is 50.2. The second-order valence-corrected chi connectivity index (χ2v) is 21.3. The molecule has 0 radical (unpaired) electrons. The first-order valence-corrected chi connectivity index (χ1v) is 31.0. The Bertz CT molecular complexity index is 1970. The maximum Gasteiger partial charge on any atom is 0.306 e. The summed E-state index contributed by atoms with van der Waals surface area (Å²) in [5.41, 5.74) is 0. The van der Waals surface area contributed by atoms with E-state index in [-0.39, 0.29) is 26.1 Å². The third kappa shape index (κ3) is 60.3. The molecule has 10 heteroatoms. The minimum Gasteiger partial charge on any atom is -0.756 e. The first-order valence-electron chi connectivity index (χ1n) is 29.5. The van der Waals surface area contributed by atoms with Crippen molar-refractivity contribution < 1.29 is 42.1 Å². The number of carbonyl (C=O) groups excluding carboxylic acids is 2. The van der Waals surface area contributed by atoms with Crippen molar-refractivity contribution in [3.05, 3.63) is 182 Å². The molecular weight excluding hydrogens is 990 g/mol. The fourth-order valence-electron chi connectivity index (χ4n) is 6.94. The van der Waals surface area contributed by atoms with Crippen molar-refractivity contribution in [2.24, 2.45) is 0 Å². The van der Waals surface area contributed by atoms with Gasteiger partial charge in [0.1, 0.15) is 19.8 Å². The summed E-state index contributed by atoms with van der Waals surface area (Å²) in [4.78, 5) is 37.9. The number of allylic oxidation sites excluding steroid dienone is 30. The Morgan fingerprint density at radius 2 is 0.692 bits per heavy atom. The third-order valence-electron chi connectivity index (χ3n) is 11.4. The van der Waals surface area contributed by atoms with Crippen LogP contribution in [-0.4, -0.2) is 70.0 Å². The Morgan fingerprint density at radius 1 is 0.397 bits per heavy atom. The molecule has 9 nitrogen and oxygen atoms in total. The molecule has 0 aliphatic heterocycles. The molecule has 0 rings (SSSR count). The molecule has 0 aromatic carbocycles. The highest BCUT2D eigenvalue weighted by molar-refractivity contribution is 7.45. The summed E-state index contributed by atoms with van der Waals surface area (Å²) in [7, 11) is 1.09. The molecule has 2 atom stereocenters. The van der Waals surface area contributed by atoms with Gasteiger partial charge in [0.15, 0.2) is 6.10 Å². The monoisotopic (exact) mass is 1100 g/mol. The highest BCUT2D eigenvalue weighted by Crippen LogP contribution is 2.38. The minimum absolute atomic E-state index is 0.0539. The highest BCUT2D eigenvalue weighted by Gasteiger charge is 2.21. The first kappa shape index (κ1) is 73.1. The predicted octanol–water partition coefficient (Wildman–Crippen LogP) is 18.2. The number of quaternary nitrogens is 1. The van der Waals surface area contributed by atoms with E-state index in [1.165, 1.54) is 0 Å². The summed E-state index contributed by atoms with van der Waals surface area (Å²) in [5.74, 6) is -0.926. The van der Waals surface area contributed by atoms with Crippen molar-refractivity contribution in [1.82, 2.24) is 0 Å². The Balaban J connectivity index is 4.34. The summed E-state index contributed by atoms with van der Waals surface area (Å²) >= 11 is 0. The van der Waals surface area contributed by atoms with Crippen LogP contribution in [0.5, 0.6) is 0 Å². The van der Waals surface area contributed by atoms with Crippen LogP contribution in [0.15, 0.2) is 182 Å². The number of rotatable bonds is 51. The van der Waals surface area contributed by atoms with Gasteiger partial charge >= 0.3 is 11.9 Å². The number of phosphoric ester groups is 1. The number of phosphoric acid groups is 1. The lowest BCUT2D eigenvalue weighted by atomic mass is 10.1. The second kappa shape index (κ2) is 56.8. The van der Waals surface area contributed by atoms with Crippen LogP contribution < -0.4 is 4.89 Å². The van der Waals surface area contributed by atoms with Crippen LogP contribution in [0.1, 0.15) is 181 Å². The Hall–Kier alpha value is -4.89. The Morgan fingerprint density at radius 3 is 1.05 bits per heavy atom. The van der Waals surface area contributed by atoms with E-state index in [1.54, 1.807) is 0 Å². The van der Waals surface area contributed by atoms with Gasteiger partial charge in [0, 0.05) is 12.8 Å². The number of carbonyl (C=O) groups is 2. The molecule has 2 unspecified atom stereocenters. The van der Waals surface area contributed by atoms with Gasteiger partial charge in [0.2, 0.25) is 0 Å². The van der Waals surface area contributed by atoms with Gasteiger partial charge in [-0.1, -0.05) is 215 Å². The van der Waals surface area contributed by atoms with E-state index in [0.29, 0.717) is 23.9 Å². The van der Waals surface area contributed by atoms with Gasteiger partial charge in [-0.3, -0.25) is 14.2 Å². The standard InChI is InChI=1S/C68H106NO8P/c1-6-8-10-12-14-16-18-20-22-24-26-28-29-30-31-32-33-34-35-36-37-38-39-41-43-45-47-49-51-53-55-57-59-61-68(71)77-66(65-76-78(72,73)75-63-62-69(3,4)5)64-74-67(70)60-58-56-54-52-50-48-46-44-42-40-27-25-23-21-19-17-15-13-11-9-7-2/h8-11,14-17,20-23,26-28,30-31,33-34,36-37,39-41,44-47,50,52,66H,6-7,12-13,18-19,24-25,29,32,35,38,42-43,48-49,51,53-65H2,1-5H3/b10-8-,11-9-,16-14-,17-15-,22-20-,23-21-,28-26-,31-30-,34-33-,37-36-,40-27-,41-39-,46-44-,47-45-,52-50-. The van der Waals surface area contributed by atoms with E-state index in [0.717, 1.165) is 141 Å². The molecule has 0 amide bonds. The summed E-state index contributed by atoms with van der Waals surface area (Å²) < 4.78 is 34.1. The van der Waals surface area contributed by atoms with Crippen LogP contribution in [0.4, 0.5) is 0 Å². The van der Waals surface area contributed by atoms with Gasteiger partial charge in [-0.2, -0.15) is 0 Å². The van der Waals surface area contributed by atoms with Crippen molar-refractivity contribution in [3.8, 4) is 0 Å². The Kier molecular flexibility index (Phi) is 53.3. The fourth-order valence-corrected chi connectivity index (χ4v) is 7.67. The number of hydrogen-bond donors (Lipinski definition) is 0. The summed E-state index contributed by atoms with van der Waals surface area (Å²) in [5, 5.41) is 0. The van der Waals surface area contributed by atoms with Crippen molar-refractivity contribution in [3.63, 3.8) is 0 Å². The van der Waals surface area contributed by atoms with Gasteiger partial charge in [-0.15, -0.1) is 0 Å². The van der Waals surface area contributed by atoms with Crippen LogP contribution in [0.25, 0.3) is 0 Å². The van der Waals surface area contributed by atoms with E-state index in [4.69, 9.17) is 18.5 Å². The summed E-state index contributed by atoms with van der Waals surface area (Å²) in [6.07, 6.45) is 88.0. The smallest absolute Gasteiger partial charge is 0.306 e. The number of ether oxygens (including phenoxy) is 2. The Labute approximate surface area is 476 Å². The molecule has 0 fully saturated rings. The van der Waals surface area contributed by atoms with Crippen LogP contribution in [0, 0.1) is 0 Å². The third-order valence-corrected chi connectivity index (χ3v) is 12.4. The summed E-state index contributed by atoms with van der Waals surface area (Å²) in [6, 6.07) is 0. The number of hydrogen-bond acceptors (Lipinski definition) is 8. The SMILES string of the molecule is CC/C=C\C/C=C\C/C=C\C/C=C\C/C=C\C/C=C\C/C=C\C/C=C\C/C=C\CCCCCCCC(=O)OC(COC(=O)CCCC/C=C\C/C=C\C/C=C\C/C=C\C/C=C\C/C=C\CC)COP(=O)([O-])OCC[N+](C)(C)C. The van der Waals surface area contributed by atoms with Gasteiger partial charge in [-0.05, 0) is 135 Å². The molecule has 78 heavy (non-hydrogen) atoms. The average molecular weight is 1100 g/mol. The van der Waals surface area contributed by atoms with Crippen molar-refractivity contribution in [2.45, 2.75) is 187 Å². The van der Waals surface area contributed by atoms with E-state index < -0.39 is 32.5 Å². The number of likely N-dealkylation sites (N-methyl/N-ethyl adjacent to an activating group) is 1. The lowest BCUT2D eigenvalue weighted by Gasteiger charge is -2.28. The molecule has 0 aliphatic rings. The molecule has 436 valence electrons. The van der Waals surface area contributed by atoms with E-state index in [9.17, 15) is 19.0 Å². The lowest BCUT2D eigenvalue weighted by molar-refractivity contribution is -0.870. The maximum absolute atomic E-state index is 12.8. The van der Waals surface area contributed by atoms with Crippen LogP contribution in [-0.2, 0) is 32.7 Å². The number of unbranched alkanes of at least 4 members (excludes halogenated alkanes) is 7. The zero-order valence-electron chi connectivity index (χ0n) is 49.3. The molecule has 0 aliphatic carbocycles. The molecule has 0 N–H and O–H groups in total. The quantitative estimate of drug-likeness (QED) is 0.0195. The summed E-state index contributed by atoms with van der Waals surface area (Å²) in [6.45, 7) is 3.89. The normalized spacial score (nSPS) is 14.6. The number of esters is 2. The topological polar surface area (TPSA) is 111 Å². The molecule has 0 aromatic rings. The predicted molar refractivity (Wildman–Crippen MR) is 332 cm³/mol. The molecular formula is C68H106NO8P. The van der Waals surface area contributed by atoms with Crippen molar-refractivity contribution in [2.75, 3.05) is 47.5 Å². The average Bonchev–Trinajstić information content (AvgIpc) is 3.41. The lowest BCUT2D eigenvalue weighted by Crippen LogP contribution is -2.37. The van der Waals surface area contributed by atoms with Crippen molar-refractivity contribution >= 4 is 19.8 Å². The van der Waals surface area contributed by atoms with E-state index in [2.05, 4.69) is 196 Å². The van der Waals surface area contributed by atoms with Crippen LogP contribution in [0.3, 0.4) is 0 Å². The molecule has 0 saturated heterocycles.